The minimum Gasteiger partial charge on any atom is -0.339 e. The zero-order chi connectivity index (χ0) is 14.7. The number of nitrogens with one attached hydrogen (secondary N) is 1. The van der Waals surface area contributed by atoms with Crippen molar-refractivity contribution in [3.8, 4) is 0 Å². The van der Waals surface area contributed by atoms with Crippen LogP contribution in [0, 0.1) is 0 Å². The quantitative estimate of drug-likeness (QED) is 0.911. The second-order valence-electron chi connectivity index (χ2n) is 5.96. The van der Waals surface area contributed by atoms with Crippen LogP contribution in [0.3, 0.4) is 0 Å². The third-order valence-electron chi connectivity index (χ3n) is 4.47. The minimum absolute atomic E-state index is 0.402. The van der Waals surface area contributed by atoms with E-state index >= 15 is 0 Å². The Kier molecular flexibility index (Phi) is 5.51. The van der Waals surface area contributed by atoms with E-state index in [1.165, 1.54) is 37.2 Å². The molecule has 6 heteroatoms. The molecule has 118 valence electrons. The fourth-order valence-electron chi connectivity index (χ4n) is 3.28. The van der Waals surface area contributed by atoms with Crippen LogP contribution in [0.25, 0.3) is 0 Å². The second kappa shape index (κ2) is 7.38. The van der Waals surface area contributed by atoms with Crippen LogP contribution in [0.1, 0.15) is 62.4 Å². The normalized spacial score (nSPS) is 34.0. The number of aromatic nitrogens is 2. The van der Waals surface area contributed by atoms with Gasteiger partial charge >= 0.3 is 0 Å². The van der Waals surface area contributed by atoms with Gasteiger partial charge in [-0.15, -0.1) is 11.8 Å². The van der Waals surface area contributed by atoms with Crippen molar-refractivity contribution >= 4 is 23.5 Å². The molecule has 0 aromatic carbocycles. The summed E-state index contributed by atoms with van der Waals surface area (Å²) in [6.45, 7) is 5.52. The molecule has 2 unspecified atom stereocenters. The molecule has 1 aromatic rings. The van der Waals surface area contributed by atoms with Crippen molar-refractivity contribution in [2.24, 2.45) is 0 Å². The molecule has 2 atom stereocenters. The minimum atomic E-state index is 0.402. The van der Waals surface area contributed by atoms with Gasteiger partial charge in [0.25, 0.3) is 0 Å². The van der Waals surface area contributed by atoms with Gasteiger partial charge < -0.3 is 9.84 Å². The summed E-state index contributed by atoms with van der Waals surface area (Å²) in [5.74, 6) is 4.70. The Morgan fingerprint density at radius 2 is 1.95 bits per heavy atom. The summed E-state index contributed by atoms with van der Waals surface area (Å²) in [5, 5.41) is 8.82. The summed E-state index contributed by atoms with van der Waals surface area (Å²) in [4.78, 5) is 4.75. The molecule has 21 heavy (non-hydrogen) atoms. The van der Waals surface area contributed by atoms with E-state index < -0.39 is 0 Å². The maximum absolute atomic E-state index is 5.60. The Balaban J connectivity index is 1.60. The molecule has 3 rings (SSSR count). The summed E-state index contributed by atoms with van der Waals surface area (Å²) >= 11 is 4.00. The van der Waals surface area contributed by atoms with E-state index in [1.54, 1.807) is 0 Å². The lowest BCUT2D eigenvalue weighted by atomic mass is 9.86. The molecule has 0 radical (unpaired) electrons. The fraction of sp³-hybridized carbons (Fsp3) is 0.867. The SMILES string of the molecule is CCNC1CCC(c2nc(C3SCCSC3C)no2)CC1. The predicted molar refractivity (Wildman–Crippen MR) is 90.1 cm³/mol. The molecule has 1 N–H and O–H groups in total. The number of hydrogen-bond acceptors (Lipinski definition) is 6. The highest BCUT2D eigenvalue weighted by molar-refractivity contribution is 8.06. The smallest absolute Gasteiger partial charge is 0.229 e. The van der Waals surface area contributed by atoms with Gasteiger partial charge in [0.05, 0.1) is 5.25 Å². The van der Waals surface area contributed by atoms with Crippen molar-refractivity contribution in [1.82, 2.24) is 15.5 Å². The third-order valence-corrected chi connectivity index (χ3v) is 7.56. The lowest BCUT2D eigenvalue weighted by molar-refractivity contribution is 0.283. The van der Waals surface area contributed by atoms with Gasteiger partial charge in [-0.1, -0.05) is 19.0 Å². The molecule has 1 aromatic heterocycles. The van der Waals surface area contributed by atoms with Crippen LogP contribution in [0.2, 0.25) is 0 Å². The number of rotatable bonds is 4. The van der Waals surface area contributed by atoms with Crippen molar-refractivity contribution in [2.75, 3.05) is 18.1 Å². The van der Waals surface area contributed by atoms with Gasteiger partial charge in [0.15, 0.2) is 5.82 Å². The van der Waals surface area contributed by atoms with Crippen molar-refractivity contribution in [1.29, 1.82) is 0 Å². The first-order valence-electron chi connectivity index (χ1n) is 8.08. The molecule has 0 bridgehead atoms. The van der Waals surface area contributed by atoms with E-state index in [0.717, 1.165) is 18.3 Å². The summed E-state index contributed by atoms with van der Waals surface area (Å²) in [7, 11) is 0. The maximum atomic E-state index is 5.60. The Bertz CT molecular complexity index is 446. The molecule has 1 saturated heterocycles. The zero-order valence-corrected chi connectivity index (χ0v) is 14.5. The van der Waals surface area contributed by atoms with Gasteiger partial charge in [0.2, 0.25) is 5.89 Å². The average molecular weight is 328 g/mol. The topological polar surface area (TPSA) is 51.0 Å². The first kappa shape index (κ1) is 15.7. The van der Waals surface area contributed by atoms with E-state index in [4.69, 9.17) is 9.51 Å². The van der Waals surface area contributed by atoms with Gasteiger partial charge in [-0.05, 0) is 32.2 Å². The fourth-order valence-corrected chi connectivity index (χ4v) is 5.96. The van der Waals surface area contributed by atoms with E-state index in [-0.39, 0.29) is 0 Å². The van der Waals surface area contributed by atoms with Crippen LogP contribution >= 0.6 is 23.5 Å². The van der Waals surface area contributed by atoms with Crippen LogP contribution in [-0.4, -0.2) is 39.5 Å². The van der Waals surface area contributed by atoms with Gasteiger partial charge in [0, 0.05) is 28.7 Å². The first-order valence-corrected chi connectivity index (χ1v) is 10.2. The molecule has 2 fully saturated rings. The Labute approximate surface area is 135 Å². The van der Waals surface area contributed by atoms with E-state index in [1.807, 2.05) is 23.5 Å². The predicted octanol–water partition coefficient (Wildman–Crippen LogP) is 3.61. The Hall–Kier alpha value is -0.200. The van der Waals surface area contributed by atoms with Crippen LogP contribution < -0.4 is 5.32 Å². The summed E-state index contributed by atoms with van der Waals surface area (Å²) in [5.41, 5.74) is 0. The first-order chi connectivity index (χ1) is 10.3. The highest BCUT2D eigenvalue weighted by atomic mass is 32.2. The van der Waals surface area contributed by atoms with Crippen LogP contribution in [-0.2, 0) is 0 Å². The van der Waals surface area contributed by atoms with Crippen molar-refractivity contribution in [3.05, 3.63) is 11.7 Å². The van der Waals surface area contributed by atoms with Crippen molar-refractivity contribution in [2.45, 2.75) is 62.0 Å². The van der Waals surface area contributed by atoms with E-state index in [2.05, 4.69) is 24.3 Å². The van der Waals surface area contributed by atoms with Gasteiger partial charge in [-0.2, -0.15) is 16.7 Å². The lowest BCUT2D eigenvalue weighted by Gasteiger charge is -2.27. The Morgan fingerprint density at radius 3 is 2.67 bits per heavy atom. The molecular weight excluding hydrogens is 302 g/mol. The molecule has 1 aliphatic carbocycles. The van der Waals surface area contributed by atoms with Crippen molar-refractivity contribution < 1.29 is 4.52 Å². The standard InChI is InChI=1S/C15H25N3OS2/c1-3-16-12-6-4-11(5-7-12)15-17-14(18-19-15)13-10(2)20-8-9-21-13/h10-13,16H,3-9H2,1-2H3. The summed E-state index contributed by atoms with van der Waals surface area (Å²) in [6, 6.07) is 0.680. The van der Waals surface area contributed by atoms with Crippen LogP contribution in [0.4, 0.5) is 0 Å². The van der Waals surface area contributed by atoms with Crippen LogP contribution in [0.5, 0.6) is 0 Å². The molecule has 0 spiro atoms. The van der Waals surface area contributed by atoms with Gasteiger partial charge in [0.1, 0.15) is 0 Å². The summed E-state index contributed by atoms with van der Waals surface area (Å²) in [6.07, 6.45) is 4.78. The van der Waals surface area contributed by atoms with E-state index in [0.29, 0.717) is 22.5 Å². The number of hydrogen-bond donors (Lipinski definition) is 1. The Morgan fingerprint density at radius 1 is 1.19 bits per heavy atom. The highest BCUT2D eigenvalue weighted by Gasteiger charge is 2.31. The molecule has 1 aliphatic heterocycles. The monoisotopic (exact) mass is 327 g/mol. The van der Waals surface area contributed by atoms with E-state index in [9.17, 15) is 0 Å². The molecule has 0 amide bonds. The summed E-state index contributed by atoms with van der Waals surface area (Å²) < 4.78 is 5.60. The lowest BCUT2D eigenvalue weighted by Crippen LogP contribution is -2.32. The number of nitrogens with zero attached hydrogens (tertiary/aromatic N) is 2. The highest BCUT2D eigenvalue weighted by Crippen LogP contribution is 2.42. The molecular formula is C15H25N3OS2. The van der Waals surface area contributed by atoms with Crippen LogP contribution in [0.15, 0.2) is 4.52 Å². The van der Waals surface area contributed by atoms with Gasteiger partial charge in [-0.25, -0.2) is 0 Å². The maximum Gasteiger partial charge on any atom is 0.229 e. The average Bonchev–Trinajstić information content (AvgIpc) is 2.98. The van der Waals surface area contributed by atoms with Gasteiger partial charge in [-0.3, -0.25) is 0 Å². The number of thioether (sulfide) groups is 2. The third kappa shape index (κ3) is 3.77. The molecule has 2 aliphatic rings. The van der Waals surface area contributed by atoms with Crippen molar-refractivity contribution in [3.63, 3.8) is 0 Å². The zero-order valence-electron chi connectivity index (χ0n) is 12.9. The second-order valence-corrected chi connectivity index (χ2v) is 8.70. The molecule has 1 saturated carbocycles. The molecule has 4 nitrogen and oxygen atoms in total. The molecule has 2 heterocycles. The largest absolute Gasteiger partial charge is 0.339 e.